The first-order valence-electron chi connectivity index (χ1n) is 8.58. The van der Waals surface area contributed by atoms with Crippen LogP contribution in [0.15, 0.2) is 6.33 Å². The van der Waals surface area contributed by atoms with Gasteiger partial charge in [-0.15, -0.1) is 0 Å². The van der Waals surface area contributed by atoms with Crippen molar-refractivity contribution in [3.8, 4) is 0 Å². The Morgan fingerprint density at radius 3 is 2.68 bits per heavy atom. The van der Waals surface area contributed by atoms with Gasteiger partial charge in [-0.05, 0) is 30.6 Å². The quantitative estimate of drug-likeness (QED) is 0.485. The third-order valence-corrected chi connectivity index (χ3v) is 6.50. The van der Waals surface area contributed by atoms with Crippen LogP contribution in [0.25, 0.3) is 0 Å². The molecule has 1 amide bonds. The molecule has 3 aliphatic carbocycles. The lowest BCUT2D eigenvalue weighted by molar-refractivity contribution is -0.163. The Kier molecular flexibility index (Phi) is 3.59. The number of rotatable bonds is 1. The monoisotopic (exact) mass is 347 g/mol. The van der Waals surface area contributed by atoms with E-state index in [0.29, 0.717) is 12.1 Å². The highest BCUT2D eigenvalue weighted by Crippen LogP contribution is 2.52. The van der Waals surface area contributed by atoms with Crippen molar-refractivity contribution in [2.24, 2.45) is 41.2 Å². The Morgan fingerprint density at radius 2 is 2.00 bits per heavy atom. The molecule has 0 aromatic carbocycles. The van der Waals surface area contributed by atoms with E-state index in [1.807, 2.05) is 6.92 Å². The standard InChI is InChI=1S/C17H21N3O5/c1-5-6-2-8-13(20-4-19-8)16(24)11(6)14(22)10-7(5)3-9(21)12(15(10)23)17(18)25/h4-7,9-12,16,21,24H,2-3H2,1H3,(H2,18,25)(H,19,20). The summed E-state index contributed by atoms with van der Waals surface area (Å²) in [6, 6.07) is 0. The molecule has 0 aliphatic heterocycles. The van der Waals surface area contributed by atoms with E-state index in [-0.39, 0.29) is 30.0 Å². The van der Waals surface area contributed by atoms with Crippen LogP contribution in [0.2, 0.25) is 0 Å². The average Bonchev–Trinajstić information content (AvgIpc) is 3.00. The molecule has 25 heavy (non-hydrogen) atoms. The van der Waals surface area contributed by atoms with Crippen molar-refractivity contribution in [3.63, 3.8) is 0 Å². The molecule has 0 spiro atoms. The van der Waals surface area contributed by atoms with Crippen LogP contribution in [-0.4, -0.2) is 43.8 Å². The molecule has 8 nitrogen and oxygen atoms in total. The largest absolute Gasteiger partial charge is 0.392 e. The summed E-state index contributed by atoms with van der Waals surface area (Å²) in [6.07, 6.45) is 0.0191. The summed E-state index contributed by atoms with van der Waals surface area (Å²) in [5.74, 6) is -5.47. The Hall–Kier alpha value is -2.06. The van der Waals surface area contributed by atoms with Crippen molar-refractivity contribution in [3.05, 3.63) is 17.7 Å². The van der Waals surface area contributed by atoms with E-state index in [4.69, 9.17) is 5.73 Å². The number of fused-ring (bicyclic) bond motifs is 3. The summed E-state index contributed by atoms with van der Waals surface area (Å²) in [5.41, 5.74) is 6.53. The predicted octanol–water partition coefficient (Wildman–Crippen LogP) is -0.882. The number of primary amides is 1. The zero-order chi connectivity index (χ0) is 18.0. The van der Waals surface area contributed by atoms with Crippen molar-refractivity contribution >= 4 is 17.5 Å². The van der Waals surface area contributed by atoms with Gasteiger partial charge in [-0.3, -0.25) is 14.4 Å². The predicted molar refractivity (Wildman–Crippen MR) is 83.7 cm³/mol. The van der Waals surface area contributed by atoms with Gasteiger partial charge in [-0.1, -0.05) is 6.92 Å². The van der Waals surface area contributed by atoms with E-state index < -0.39 is 41.7 Å². The summed E-state index contributed by atoms with van der Waals surface area (Å²) in [4.78, 5) is 44.6. The van der Waals surface area contributed by atoms with Gasteiger partial charge in [0.05, 0.1) is 30.0 Å². The molecule has 0 bridgehead atoms. The number of nitrogens with two attached hydrogens (primary N) is 1. The molecule has 1 aromatic heterocycles. The minimum Gasteiger partial charge on any atom is -0.392 e. The second-order valence-corrected chi connectivity index (χ2v) is 7.59. The Morgan fingerprint density at radius 1 is 1.28 bits per heavy atom. The number of Topliss-reactive ketones (excluding diaryl/α,β-unsaturated/α-hetero) is 2. The lowest BCUT2D eigenvalue weighted by Crippen LogP contribution is -2.60. The van der Waals surface area contributed by atoms with Gasteiger partial charge in [0.25, 0.3) is 0 Å². The van der Waals surface area contributed by atoms with E-state index in [1.165, 1.54) is 6.33 Å². The number of ketones is 2. The van der Waals surface area contributed by atoms with Gasteiger partial charge in [0.2, 0.25) is 5.91 Å². The van der Waals surface area contributed by atoms with Gasteiger partial charge in [0.1, 0.15) is 17.8 Å². The molecule has 8 unspecified atom stereocenters. The number of nitrogens with one attached hydrogen (secondary N) is 1. The highest BCUT2D eigenvalue weighted by molar-refractivity contribution is 6.13. The molecule has 1 aromatic rings. The minimum absolute atomic E-state index is 0.0637. The van der Waals surface area contributed by atoms with Crippen molar-refractivity contribution in [2.75, 3.05) is 0 Å². The number of amides is 1. The van der Waals surface area contributed by atoms with Crippen LogP contribution < -0.4 is 5.73 Å². The third-order valence-electron chi connectivity index (χ3n) is 6.50. The third kappa shape index (κ3) is 2.13. The summed E-state index contributed by atoms with van der Waals surface area (Å²) < 4.78 is 0. The molecule has 2 fully saturated rings. The molecule has 3 aliphatic rings. The number of aliphatic hydroxyl groups excluding tert-OH is 2. The Balaban J connectivity index is 1.75. The molecule has 0 radical (unpaired) electrons. The molecule has 2 saturated carbocycles. The van der Waals surface area contributed by atoms with Crippen LogP contribution in [0.4, 0.5) is 0 Å². The molecular weight excluding hydrogens is 326 g/mol. The second-order valence-electron chi connectivity index (χ2n) is 7.59. The summed E-state index contributed by atoms with van der Waals surface area (Å²) in [5, 5.41) is 20.9. The van der Waals surface area contributed by atoms with Crippen molar-refractivity contribution in [1.29, 1.82) is 0 Å². The molecule has 134 valence electrons. The van der Waals surface area contributed by atoms with Crippen LogP contribution in [-0.2, 0) is 20.8 Å². The van der Waals surface area contributed by atoms with Gasteiger partial charge in [-0.2, -0.15) is 0 Å². The van der Waals surface area contributed by atoms with Gasteiger partial charge in [0, 0.05) is 5.69 Å². The van der Waals surface area contributed by atoms with Gasteiger partial charge >= 0.3 is 0 Å². The minimum atomic E-state index is -1.35. The number of aromatic nitrogens is 2. The molecule has 4 rings (SSSR count). The number of carbonyl (C=O) groups is 3. The SMILES string of the molecule is CC1C2CC(O)C(C(N)=O)C(=O)C2C(=O)C2C(O)c3nc[nH]c3CC12. The Labute approximate surface area is 143 Å². The lowest BCUT2D eigenvalue weighted by atomic mass is 9.52. The normalized spacial score (nSPS) is 43.2. The fraction of sp³-hybridized carbons (Fsp3) is 0.647. The zero-order valence-corrected chi connectivity index (χ0v) is 13.8. The highest BCUT2D eigenvalue weighted by atomic mass is 16.3. The molecule has 8 heteroatoms. The van der Waals surface area contributed by atoms with Crippen molar-refractivity contribution < 1.29 is 24.6 Å². The lowest BCUT2D eigenvalue weighted by Gasteiger charge is -2.50. The maximum absolute atomic E-state index is 13.1. The molecule has 0 saturated heterocycles. The van der Waals surface area contributed by atoms with Gasteiger partial charge in [0.15, 0.2) is 5.78 Å². The maximum atomic E-state index is 13.1. The van der Waals surface area contributed by atoms with Crippen LogP contribution in [0.1, 0.15) is 30.8 Å². The van der Waals surface area contributed by atoms with Crippen LogP contribution in [0, 0.1) is 35.5 Å². The number of hydrogen-bond donors (Lipinski definition) is 4. The summed E-state index contributed by atoms with van der Waals surface area (Å²) in [7, 11) is 0. The number of nitrogens with zero attached hydrogens (tertiary/aromatic N) is 1. The van der Waals surface area contributed by atoms with E-state index in [0.717, 1.165) is 5.69 Å². The highest BCUT2D eigenvalue weighted by Gasteiger charge is 2.59. The maximum Gasteiger partial charge on any atom is 0.230 e. The fourth-order valence-corrected chi connectivity index (χ4v) is 5.27. The van der Waals surface area contributed by atoms with Crippen LogP contribution in [0.3, 0.4) is 0 Å². The zero-order valence-electron chi connectivity index (χ0n) is 13.8. The van der Waals surface area contributed by atoms with Gasteiger partial charge < -0.3 is 20.9 Å². The number of carbonyl (C=O) groups excluding carboxylic acids is 3. The first-order chi connectivity index (χ1) is 11.8. The van der Waals surface area contributed by atoms with Crippen LogP contribution >= 0.6 is 0 Å². The smallest absolute Gasteiger partial charge is 0.230 e. The Bertz CT molecular complexity index is 759. The van der Waals surface area contributed by atoms with E-state index >= 15 is 0 Å². The first kappa shape index (κ1) is 16.4. The fourth-order valence-electron chi connectivity index (χ4n) is 5.27. The van der Waals surface area contributed by atoms with Crippen molar-refractivity contribution in [1.82, 2.24) is 9.97 Å². The number of imidazole rings is 1. The number of H-pyrrole nitrogens is 1. The average molecular weight is 347 g/mol. The summed E-state index contributed by atoms with van der Waals surface area (Å²) >= 11 is 0. The summed E-state index contributed by atoms with van der Waals surface area (Å²) in [6.45, 7) is 1.94. The first-order valence-corrected chi connectivity index (χ1v) is 8.58. The van der Waals surface area contributed by atoms with E-state index in [2.05, 4.69) is 9.97 Å². The number of aromatic amines is 1. The molecular formula is C17H21N3O5. The molecule has 8 atom stereocenters. The molecule has 1 heterocycles. The van der Waals surface area contributed by atoms with Crippen molar-refractivity contribution in [2.45, 2.75) is 32.0 Å². The number of hydrogen-bond acceptors (Lipinski definition) is 6. The van der Waals surface area contributed by atoms with Gasteiger partial charge in [-0.25, -0.2) is 4.98 Å². The van der Waals surface area contributed by atoms with E-state index in [1.54, 1.807) is 0 Å². The molecule has 5 N–H and O–H groups in total. The number of aliphatic hydroxyl groups is 2. The topological polar surface area (TPSA) is 146 Å². The van der Waals surface area contributed by atoms with Crippen LogP contribution in [0.5, 0.6) is 0 Å². The van der Waals surface area contributed by atoms with E-state index in [9.17, 15) is 24.6 Å². The second kappa shape index (κ2) is 5.47.